The first-order valence-electron chi connectivity index (χ1n) is 30.4. The number of carbonyl (C=O) groups is 2. The van der Waals surface area contributed by atoms with Gasteiger partial charge < -0.3 is 33.6 Å². The average molecular weight is 1130 g/mol. The third-order valence-corrected chi connectivity index (χ3v) is 18.1. The van der Waals surface area contributed by atoms with Crippen LogP contribution in [-0.2, 0) is 67.8 Å². The van der Waals surface area contributed by atoms with E-state index >= 15 is 0 Å². The summed E-state index contributed by atoms with van der Waals surface area (Å²) in [5.41, 5.74) is 8.31. The monoisotopic (exact) mass is 1130 g/mol. The van der Waals surface area contributed by atoms with Crippen molar-refractivity contribution in [2.45, 2.75) is 228 Å². The highest BCUT2D eigenvalue weighted by molar-refractivity contribution is 6.00. The van der Waals surface area contributed by atoms with Gasteiger partial charge >= 0.3 is 0 Å². The summed E-state index contributed by atoms with van der Waals surface area (Å²) in [6.07, 6.45) is 10.7. The van der Waals surface area contributed by atoms with Crippen LogP contribution in [0.15, 0.2) is 22.5 Å². The quantitative estimate of drug-likeness (QED) is 0.136. The number of Topliss-reactive ketones (excluding diaryl/α,β-unsaturated/α-hetero) is 2. The lowest BCUT2D eigenvalue weighted by Gasteiger charge is -2.47. The van der Waals surface area contributed by atoms with E-state index in [1.165, 1.54) is 31.3 Å². The Bertz CT molecular complexity index is 3120. The van der Waals surface area contributed by atoms with E-state index in [9.17, 15) is 9.59 Å². The Morgan fingerprint density at radius 3 is 1.52 bits per heavy atom. The fraction of sp³-hybridized carbons (Fsp3) is 0.677. The van der Waals surface area contributed by atoms with Crippen LogP contribution in [-0.4, -0.2) is 84.7 Å². The molecule has 0 radical (unpaired) electrons. The van der Waals surface area contributed by atoms with Gasteiger partial charge in [-0.15, -0.1) is 0 Å². The maximum Gasteiger partial charge on any atom is 0.282 e. The van der Waals surface area contributed by atoms with Crippen molar-refractivity contribution < 1.29 is 34.9 Å². The lowest BCUT2D eigenvalue weighted by Crippen LogP contribution is -2.52. The average Bonchev–Trinajstić information content (AvgIpc) is 2.11. The van der Waals surface area contributed by atoms with Gasteiger partial charge in [0.25, 0.3) is 6.04 Å². The van der Waals surface area contributed by atoms with E-state index in [0.29, 0.717) is 49.8 Å². The second kappa shape index (κ2) is 24.6. The van der Waals surface area contributed by atoms with Crippen molar-refractivity contribution in [3.8, 4) is 17.6 Å². The molecule has 446 valence electrons. The third kappa shape index (κ3) is 12.0. The topological polar surface area (TPSA) is 206 Å². The molecule has 6 aliphatic rings. The lowest BCUT2D eigenvalue weighted by molar-refractivity contribution is -0.129. The zero-order valence-electron chi connectivity index (χ0n) is 53.9. The molecule has 4 aromatic rings. The molecule has 0 amide bonds. The van der Waals surface area contributed by atoms with Crippen molar-refractivity contribution in [2.75, 3.05) is 26.9 Å². The van der Waals surface area contributed by atoms with Gasteiger partial charge in [-0.1, -0.05) is 122 Å². The molecule has 82 heavy (non-hydrogen) atoms. The second-order valence-corrected chi connectivity index (χ2v) is 26.9. The standard InChI is InChI=1S/2C21H29N3O2.C21H27N3O2.CH5NO.CH4/c1-7-25-18-14-8-9-15-12(2)16-13(11-22-26-16)10-21(15,6)17(14)23-19(24-18)20(3,4)5;2*1-8-26-18-13-9-10-14-12(2)16(25)15(22-7)11-21(14,6)17(13)23-19(24-18)20(3,4)5;1-2-3;/h11-12,15H,7-10H2,1-6H3;12,14-15H,8-11H2,1-6H3;11-12,14H,8-10H2,1-6H3;2-3H,1H3;1H4/t12-,15-,21-;12-,14-,15?,21-;12-,14-,21-;;/m000../s1/i;;;;1T. The summed E-state index contributed by atoms with van der Waals surface area (Å²) < 4.78 is 29.1. The molecule has 4 aromatic heterocycles. The number of nitrogens with zero attached hydrogens (tertiary/aromatic N) is 9. The van der Waals surface area contributed by atoms with E-state index in [1.807, 2.05) is 46.9 Å². The summed E-state index contributed by atoms with van der Waals surface area (Å²) in [5.74, 6) is 6.54. The Hall–Kier alpha value is -6.17. The maximum atomic E-state index is 12.6. The number of aromatic nitrogens is 7. The fourth-order valence-electron chi connectivity index (χ4n) is 13.9. The summed E-state index contributed by atoms with van der Waals surface area (Å²) in [6, 6.07) is -0.569. The normalized spacial score (nSPS) is 27.7. The Labute approximate surface area is 490 Å². The largest absolute Gasteiger partial charge is 0.478 e. The van der Waals surface area contributed by atoms with Gasteiger partial charge in [-0.2, -0.15) is 15.0 Å². The molecule has 4 heterocycles. The van der Waals surface area contributed by atoms with Crippen LogP contribution in [0.3, 0.4) is 0 Å². The van der Waals surface area contributed by atoms with Crippen LogP contribution in [0.1, 0.15) is 228 Å². The molecular formula is C65H94N10O7. The zero-order valence-corrected chi connectivity index (χ0v) is 52.9. The number of hydroxylamine groups is 1. The van der Waals surface area contributed by atoms with Gasteiger partial charge in [0, 0.05) is 87.3 Å². The molecule has 17 nitrogen and oxygen atoms in total. The van der Waals surface area contributed by atoms with Crippen molar-refractivity contribution in [3.63, 3.8) is 0 Å². The van der Waals surface area contributed by atoms with E-state index in [1.54, 1.807) is 5.48 Å². The van der Waals surface area contributed by atoms with Crippen LogP contribution in [0.5, 0.6) is 17.6 Å². The van der Waals surface area contributed by atoms with Gasteiger partial charge in [0.15, 0.2) is 5.78 Å². The number of ether oxygens (including phenoxy) is 3. The minimum absolute atomic E-state index is 0.0407. The van der Waals surface area contributed by atoms with Gasteiger partial charge in [-0.05, 0) is 83.5 Å². The van der Waals surface area contributed by atoms with E-state index in [-0.39, 0.29) is 68.0 Å². The van der Waals surface area contributed by atoms with Crippen molar-refractivity contribution in [1.82, 2.24) is 40.5 Å². The Balaban J connectivity index is 0.000000192. The van der Waals surface area contributed by atoms with Crippen molar-refractivity contribution in [1.29, 1.82) is 0 Å². The van der Waals surface area contributed by atoms with Gasteiger partial charge in [-0.25, -0.2) is 31.8 Å². The summed E-state index contributed by atoms with van der Waals surface area (Å²) in [7, 11) is 2.68. The number of hydrogen-bond acceptors (Lipinski definition) is 15. The molecule has 10 rings (SSSR count). The fourth-order valence-corrected chi connectivity index (χ4v) is 13.9. The van der Waals surface area contributed by atoms with Crippen molar-refractivity contribution >= 4 is 11.6 Å². The molecule has 0 aliphatic heterocycles. The van der Waals surface area contributed by atoms with Gasteiger partial charge in [0.05, 0.1) is 49.7 Å². The SMILES string of the molecule is CCOc1nc(C(C)(C)C)nc2c1CC[C@H]1[C@H](C)c3oncc3C[C@]21C.CNO.[3H]C.[C-]#[N+]C1=C[C@]2(C)c3nc(C(C)(C)C)nc(OCC)c3CC[C@H]2[C@H](C)C1=O.[C-]#[N+]C1C[C@]2(C)c3nc(C(C)(C)C)nc(OCC)c3CC[C@H]2[C@H](C)C1=O. The molecule has 1 unspecified atom stereocenters. The van der Waals surface area contributed by atoms with Crippen LogP contribution >= 0.6 is 0 Å². The minimum atomic E-state index is -0.569. The summed E-state index contributed by atoms with van der Waals surface area (Å²) >= 11 is 0. The predicted molar refractivity (Wildman–Crippen MR) is 317 cm³/mol. The molecule has 6 aliphatic carbocycles. The van der Waals surface area contributed by atoms with Gasteiger partial charge in [0.2, 0.25) is 29.1 Å². The van der Waals surface area contributed by atoms with Gasteiger partial charge in [0.1, 0.15) is 23.2 Å². The highest BCUT2D eigenvalue weighted by Crippen LogP contribution is 2.56. The smallest absolute Gasteiger partial charge is 0.282 e. The number of rotatable bonds is 6. The van der Waals surface area contributed by atoms with Crippen LogP contribution in [0.25, 0.3) is 9.69 Å². The minimum Gasteiger partial charge on any atom is -0.478 e. The van der Waals surface area contributed by atoms with E-state index in [0.717, 1.165) is 96.6 Å². The molecule has 17 heteroatoms. The number of nitrogens with one attached hydrogen (secondary N) is 1. The molecular weight excluding hydrogens is 1030 g/mol. The van der Waals surface area contributed by atoms with Crippen molar-refractivity contribution in [3.05, 3.63) is 103 Å². The molecule has 0 aromatic carbocycles. The number of allylic oxidation sites excluding steroid dienone is 2. The van der Waals surface area contributed by atoms with E-state index < -0.39 is 11.5 Å². The van der Waals surface area contributed by atoms with E-state index in [4.69, 9.17) is 68.4 Å². The Morgan fingerprint density at radius 1 is 0.683 bits per heavy atom. The first-order chi connectivity index (χ1) is 38.9. The predicted octanol–water partition coefficient (Wildman–Crippen LogP) is 12.5. The number of hydrogen-bond donors (Lipinski definition) is 2. The first-order valence-corrected chi connectivity index (χ1v) is 29.4. The molecule has 10 atom stereocenters. The Kier molecular flexibility index (Phi) is 19.0. The molecule has 0 spiro atoms. The molecule has 1 saturated carbocycles. The highest BCUT2D eigenvalue weighted by atomic mass is 16.5. The highest BCUT2D eigenvalue weighted by Gasteiger charge is 2.57. The Morgan fingerprint density at radius 2 is 1.10 bits per heavy atom. The molecule has 0 bridgehead atoms. The molecule has 0 saturated heterocycles. The third-order valence-electron chi connectivity index (χ3n) is 18.1. The first kappa shape index (κ1) is 63.4. The number of carbonyl (C=O) groups excluding carboxylic acids is 2. The summed E-state index contributed by atoms with van der Waals surface area (Å²) in [4.78, 5) is 61.6. The van der Waals surface area contributed by atoms with Crippen LogP contribution in [0.4, 0.5) is 0 Å². The maximum absolute atomic E-state index is 12.6. The van der Waals surface area contributed by atoms with Gasteiger partial charge in [-0.3, -0.25) is 4.79 Å². The summed E-state index contributed by atoms with van der Waals surface area (Å²) in [6.45, 7) is 54.5. The lowest BCUT2D eigenvalue weighted by atomic mass is 9.55. The number of ketones is 2. The molecule has 2 N–H and O–H groups in total. The van der Waals surface area contributed by atoms with Crippen LogP contribution in [0.2, 0.25) is 0 Å². The zero-order chi connectivity index (χ0) is 61.9. The van der Waals surface area contributed by atoms with Crippen LogP contribution in [0, 0.1) is 42.7 Å². The summed E-state index contributed by atoms with van der Waals surface area (Å²) in [5, 5.41) is 11.4. The number of fused-ring (bicyclic) bond motifs is 10. The molecule has 1 fully saturated rings. The van der Waals surface area contributed by atoms with E-state index in [2.05, 4.69) is 105 Å². The second-order valence-electron chi connectivity index (χ2n) is 26.9. The van der Waals surface area contributed by atoms with Crippen LogP contribution < -0.4 is 19.7 Å². The van der Waals surface area contributed by atoms with Crippen molar-refractivity contribution in [2.24, 2.45) is 29.6 Å².